The van der Waals surface area contributed by atoms with E-state index in [0.717, 1.165) is 37.2 Å². The average Bonchev–Trinajstić information content (AvgIpc) is 3.33. The van der Waals surface area contributed by atoms with Gasteiger partial charge in [0.2, 0.25) is 0 Å². The van der Waals surface area contributed by atoms with Crippen molar-refractivity contribution in [2.45, 2.75) is 69.0 Å². The van der Waals surface area contributed by atoms with Gasteiger partial charge in [-0.15, -0.1) is 12.4 Å². The summed E-state index contributed by atoms with van der Waals surface area (Å²) in [5.74, 6) is 1.24. The van der Waals surface area contributed by atoms with Crippen LogP contribution in [0.4, 0.5) is 0 Å². The van der Waals surface area contributed by atoms with Gasteiger partial charge in [0.25, 0.3) is 5.91 Å². The number of amides is 1. The molecule has 1 aromatic heterocycles. The summed E-state index contributed by atoms with van der Waals surface area (Å²) in [6, 6.07) is 7.04. The van der Waals surface area contributed by atoms with Gasteiger partial charge < -0.3 is 15.1 Å². The number of carbonyl (C=O) groups excluding carboxylic acids is 1. The van der Waals surface area contributed by atoms with Gasteiger partial charge in [-0.05, 0) is 50.7 Å². The third-order valence-corrected chi connectivity index (χ3v) is 5.66. The van der Waals surface area contributed by atoms with Crippen LogP contribution in [0.1, 0.15) is 67.1 Å². The van der Waals surface area contributed by atoms with Crippen molar-refractivity contribution in [3.05, 3.63) is 29.7 Å². The van der Waals surface area contributed by atoms with E-state index in [1.54, 1.807) is 0 Å². The van der Waals surface area contributed by atoms with E-state index in [9.17, 15) is 4.79 Å². The SMILES string of the molecule is Cl.O=C(NC1CC2CCCC(C1)N2)c1cccc2oc(C3CC3)nc12. The molecule has 2 aliphatic heterocycles. The van der Waals surface area contributed by atoms with Gasteiger partial charge in [0.1, 0.15) is 5.52 Å². The second-order valence-corrected chi connectivity index (χ2v) is 7.61. The molecular formula is C19H24ClN3O2. The Balaban J connectivity index is 0.00000157. The van der Waals surface area contributed by atoms with Crippen molar-refractivity contribution in [1.82, 2.24) is 15.6 Å². The first-order valence-corrected chi connectivity index (χ1v) is 9.22. The van der Waals surface area contributed by atoms with Crippen molar-refractivity contribution in [3.63, 3.8) is 0 Å². The van der Waals surface area contributed by atoms with Crippen LogP contribution in [-0.2, 0) is 0 Å². The van der Waals surface area contributed by atoms with Crippen LogP contribution < -0.4 is 10.6 Å². The average molecular weight is 362 g/mol. The summed E-state index contributed by atoms with van der Waals surface area (Å²) in [7, 11) is 0. The van der Waals surface area contributed by atoms with Crippen molar-refractivity contribution < 1.29 is 9.21 Å². The van der Waals surface area contributed by atoms with Gasteiger partial charge >= 0.3 is 0 Å². The summed E-state index contributed by atoms with van der Waals surface area (Å²) in [6.45, 7) is 0. The molecule has 2 saturated heterocycles. The molecule has 0 radical (unpaired) electrons. The van der Waals surface area contributed by atoms with Gasteiger partial charge in [-0.1, -0.05) is 12.5 Å². The summed E-state index contributed by atoms with van der Waals surface area (Å²) >= 11 is 0. The number of halogens is 1. The third-order valence-electron chi connectivity index (χ3n) is 5.66. The van der Waals surface area contributed by atoms with E-state index in [4.69, 9.17) is 4.42 Å². The molecule has 6 heteroatoms. The highest BCUT2D eigenvalue weighted by molar-refractivity contribution is 6.04. The van der Waals surface area contributed by atoms with Crippen LogP contribution in [0, 0.1) is 0 Å². The summed E-state index contributed by atoms with van der Waals surface area (Å²) in [4.78, 5) is 17.4. The zero-order chi connectivity index (χ0) is 16.1. The van der Waals surface area contributed by atoms with E-state index in [-0.39, 0.29) is 24.4 Å². The summed E-state index contributed by atoms with van der Waals surface area (Å²) in [6.07, 6.45) is 8.12. The number of nitrogens with one attached hydrogen (secondary N) is 2. The highest BCUT2D eigenvalue weighted by Crippen LogP contribution is 2.40. The molecule has 3 aliphatic rings. The molecule has 1 aromatic carbocycles. The standard InChI is InChI=1S/C19H23N3O2.ClH/c23-18(21-14-9-12-3-1-4-13(10-14)20-12)15-5-2-6-16-17(15)22-19(24-16)11-7-8-11;/h2,5-6,11-14,20H,1,3-4,7-10H2,(H,21,23);1H. The van der Waals surface area contributed by atoms with Crippen LogP contribution in [0.2, 0.25) is 0 Å². The fourth-order valence-electron chi connectivity index (χ4n) is 4.30. The predicted molar refractivity (Wildman–Crippen MR) is 98.3 cm³/mol. The number of para-hydroxylation sites is 1. The fourth-order valence-corrected chi connectivity index (χ4v) is 4.30. The largest absolute Gasteiger partial charge is 0.440 e. The predicted octanol–water partition coefficient (Wildman–Crippen LogP) is 3.53. The summed E-state index contributed by atoms with van der Waals surface area (Å²) < 4.78 is 5.83. The molecular weight excluding hydrogens is 338 g/mol. The number of carbonyl (C=O) groups is 1. The zero-order valence-corrected chi connectivity index (χ0v) is 15.0. The molecule has 3 heterocycles. The third kappa shape index (κ3) is 3.27. The fraction of sp³-hybridized carbons (Fsp3) is 0.579. The summed E-state index contributed by atoms with van der Waals surface area (Å²) in [5, 5.41) is 6.92. The molecule has 0 spiro atoms. The van der Waals surface area contributed by atoms with Crippen molar-refractivity contribution >= 4 is 29.4 Å². The Morgan fingerprint density at radius 3 is 2.64 bits per heavy atom. The Morgan fingerprint density at radius 2 is 1.92 bits per heavy atom. The Bertz CT molecular complexity index is 774. The lowest BCUT2D eigenvalue weighted by molar-refractivity contribution is 0.0908. The number of nitrogens with zero attached hydrogens (tertiary/aromatic N) is 1. The molecule has 2 bridgehead atoms. The molecule has 3 fully saturated rings. The van der Waals surface area contributed by atoms with Gasteiger partial charge in [0, 0.05) is 24.0 Å². The topological polar surface area (TPSA) is 67.2 Å². The summed E-state index contributed by atoms with van der Waals surface area (Å²) in [5.41, 5.74) is 2.09. The second-order valence-electron chi connectivity index (χ2n) is 7.61. The molecule has 5 nitrogen and oxygen atoms in total. The maximum Gasteiger partial charge on any atom is 0.253 e. The number of hydrogen-bond donors (Lipinski definition) is 2. The quantitative estimate of drug-likeness (QED) is 0.877. The smallest absolute Gasteiger partial charge is 0.253 e. The Morgan fingerprint density at radius 1 is 1.16 bits per heavy atom. The van der Waals surface area contributed by atoms with Gasteiger partial charge in [-0.25, -0.2) is 4.98 Å². The van der Waals surface area contributed by atoms with Gasteiger partial charge in [0.15, 0.2) is 11.5 Å². The second kappa shape index (κ2) is 6.61. The van der Waals surface area contributed by atoms with Crippen molar-refractivity contribution in [2.75, 3.05) is 0 Å². The minimum absolute atomic E-state index is 0. The van der Waals surface area contributed by atoms with E-state index in [1.807, 2.05) is 18.2 Å². The molecule has 2 aromatic rings. The minimum atomic E-state index is -0.0128. The van der Waals surface area contributed by atoms with Gasteiger partial charge in [0.05, 0.1) is 5.56 Å². The first kappa shape index (κ1) is 16.9. The first-order valence-electron chi connectivity index (χ1n) is 9.22. The maximum absolute atomic E-state index is 12.8. The molecule has 2 N–H and O–H groups in total. The number of oxazole rings is 1. The molecule has 2 atom stereocenters. The van der Waals surface area contributed by atoms with Crippen LogP contribution in [0.3, 0.4) is 0 Å². The van der Waals surface area contributed by atoms with Crippen LogP contribution in [0.25, 0.3) is 11.1 Å². The van der Waals surface area contributed by atoms with E-state index < -0.39 is 0 Å². The van der Waals surface area contributed by atoms with Crippen LogP contribution in [0.15, 0.2) is 22.6 Å². The number of aromatic nitrogens is 1. The van der Waals surface area contributed by atoms with Gasteiger partial charge in [-0.2, -0.15) is 0 Å². The van der Waals surface area contributed by atoms with Crippen molar-refractivity contribution in [1.29, 1.82) is 0 Å². The molecule has 1 saturated carbocycles. The van der Waals surface area contributed by atoms with E-state index in [1.165, 1.54) is 19.3 Å². The molecule has 1 aliphatic carbocycles. The first-order chi connectivity index (χ1) is 11.8. The Kier molecular flexibility index (Phi) is 4.46. The molecule has 134 valence electrons. The lowest BCUT2D eigenvalue weighted by Crippen LogP contribution is -2.54. The molecule has 25 heavy (non-hydrogen) atoms. The molecule has 5 rings (SSSR count). The lowest BCUT2D eigenvalue weighted by atomic mass is 9.84. The maximum atomic E-state index is 12.8. The monoisotopic (exact) mass is 361 g/mol. The minimum Gasteiger partial charge on any atom is -0.440 e. The van der Waals surface area contributed by atoms with Crippen molar-refractivity contribution in [2.24, 2.45) is 0 Å². The highest BCUT2D eigenvalue weighted by atomic mass is 35.5. The Hall–Kier alpha value is -1.59. The van der Waals surface area contributed by atoms with Crippen LogP contribution >= 0.6 is 12.4 Å². The van der Waals surface area contributed by atoms with Crippen LogP contribution in [0.5, 0.6) is 0 Å². The van der Waals surface area contributed by atoms with E-state index >= 15 is 0 Å². The number of rotatable bonds is 3. The van der Waals surface area contributed by atoms with E-state index in [2.05, 4.69) is 15.6 Å². The van der Waals surface area contributed by atoms with Crippen molar-refractivity contribution in [3.8, 4) is 0 Å². The number of benzene rings is 1. The number of piperidine rings is 2. The molecule has 2 unspecified atom stereocenters. The lowest BCUT2D eigenvalue weighted by Gasteiger charge is -2.40. The Labute approximate surface area is 153 Å². The zero-order valence-electron chi connectivity index (χ0n) is 14.2. The number of hydrogen-bond acceptors (Lipinski definition) is 4. The molecule has 1 amide bonds. The highest BCUT2D eigenvalue weighted by Gasteiger charge is 2.33. The van der Waals surface area contributed by atoms with E-state index in [0.29, 0.717) is 29.1 Å². The van der Waals surface area contributed by atoms with Crippen LogP contribution in [-0.4, -0.2) is 29.0 Å². The van der Waals surface area contributed by atoms with Gasteiger partial charge in [-0.3, -0.25) is 4.79 Å². The number of fused-ring (bicyclic) bond motifs is 3. The normalized spacial score (nSPS) is 28.4.